The van der Waals surface area contributed by atoms with E-state index in [1.807, 2.05) is 0 Å². The molecule has 7 heteroatoms. The molecule has 28 heavy (non-hydrogen) atoms. The molecule has 0 bridgehead atoms. The Balaban J connectivity index is 2.00. The molecular formula is C21H17F4N3. The third kappa shape index (κ3) is 3.74. The molecule has 0 fully saturated rings. The maximum absolute atomic E-state index is 13.8. The summed E-state index contributed by atoms with van der Waals surface area (Å²) < 4.78 is 57.0. The van der Waals surface area contributed by atoms with Crippen molar-refractivity contribution in [2.45, 2.75) is 13.8 Å². The van der Waals surface area contributed by atoms with Gasteiger partial charge >= 0.3 is 0 Å². The van der Waals surface area contributed by atoms with Gasteiger partial charge in [0, 0.05) is 7.05 Å². The number of aromatic nitrogens is 1. The summed E-state index contributed by atoms with van der Waals surface area (Å²) in [7, 11) is 1.71. The SMILES string of the molecule is CC(=Nc1c(F)cccc1F)c1ccc(C(C)=Nc2c(F)cccc2F)n1C. The summed E-state index contributed by atoms with van der Waals surface area (Å²) in [6.07, 6.45) is 0. The maximum Gasteiger partial charge on any atom is 0.151 e. The minimum absolute atomic E-state index is 0.374. The summed E-state index contributed by atoms with van der Waals surface area (Å²) in [5.41, 5.74) is 1.18. The zero-order chi connectivity index (χ0) is 20.4. The molecule has 0 aliphatic rings. The van der Waals surface area contributed by atoms with Crippen LogP contribution in [0.15, 0.2) is 58.5 Å². The number of halogens is 4. The monoisotopic (exact) mass is 387 g/mol. The van der Waals surface area contributed by atoms with Crippen molar-refractivity contribution in [1.82, 2.24) is 4.57 Å². The quantitative estimate of drug-likeness (QED) is 0.396. The van der Waals surface area contributed by atoms with E-state index >= 15 is 0 Å². The van der Waals surface area contributed by atoms with Gasteiger partial charge in [-0.1, -0.05) is 12.1 Å². The van der Waals surface area contributed by atoms with Gasteiger partial charge in [-0.15, -0.1) is 0 Å². The fourth-order valence-corrected chi connectivity index (χ4v) is 2.88. The van der Waals surface area contributed by atoms with Crippen molar-refractivity contribution >= 4 is 22.8 Å². The number of hydrogen-bond acceptors (Lipinski definition) is 2. The zero-order valence-corrected chi connectivity index (χ0v) is 15.5. The van der Waals surface area contributed by atoms with Crippen molar-refractivity contribution in [3.63, 3.8) is 0 Å². The second kappa shape index (κ2) is 7.80. The van der Waals surface area contributed by atoms with Crippen LogP contribution in [0.2, 0.25) is 0 Å². The Morgan fingerprint density at radius 1 is 0.643 bits per heavy atom. The number of hydrogen-bond donors (Lipinski definition) is 0. The average Bonchev–Trinajstić information content (AvgIpc) is 3.03. The Hall–Kier alpha value is -3.22. The second-order valence-electron chi connectivity index (χ2n) is 6.20. The largest absolute Gasteiger partial charge is 0.342 e. The molecule has 0 N–H and O–H groups in total. The van der Waals surface area contributed by atoms with Crippen molar-refractivity contribution in [2.24, 2.45) is 17.0 Å². The Bertz CT molecular complexity index is 972. The Morgan fingerprint density at radius 2 is 0.964 bits per heavy atom. The van der Waals surface area contributed by atoms with E-state index in [-0.39, 0.29) is 11.4 Å². The normalized spacial score (nSPS) is 12.5. The molecule has 0 amide bonds. The zero-order valence-electron chi connectivity index (χ0n) is 15.5. The summed E-state index contributed by atoms with van der Waals surface area (Å²) in [6.45, 7) is 3.24. The van der Waals surface area contributed by atoms with Crippen molar-refractivity contribution in [2.75, 3.05) is 0 Å². The molecule has 3 nitrogen and oxygen atoms in total. The van der Waals surface area contributed by atoms with Crippen LogP contribution in [0, 0.1) is 23.3 Å². The first-order valence-electron chi connectivity index (χ1n) is 8.44. The number of para-hydroxylation sites is 2. The summed E-state index contributed by atoms with van der Waals surface area (Å²) in [6, 6.07) is 10.4. The molecule has 0 aliphatic carbocycles. The maximum atomic E-state index is 13.8. The topological polar surface area (TPSA) is 29.6 Å². The van der Waals surface area contributed by atoms with Gasteiger partial charge in [-0.05, 0) is 50.2 Å². The van der Waals surface area contributed by atoms with Crippen LogP contribution >= 0.6 is 0 Å². The molecule has 1 aromatic heterocycles. The molecule has 0 saturated heterocycles. The Labute approximate surface area is 159 Å². The van der Waals surface area contributed by atoms with Crippen molar-refractivity contribution in [3.8, 4) is 0 Å². The lowest BCUT2D eigenvalue weighted by Crippen LogP contribution is -2.09. The van der Waals surface area contributed by atoms with Gasteiger partial charge in [0.15, 0.2) is 23.3 Å². The predicted molar refractivity (Wildman–Crippen MR) is 102 cm³/mol. The predicted octanol–water partition coefficient (Wildman–Crippen LogP) is 5.86. The van der Waals surface area contributed by atoms with Crippen LogP contribution in [-0.2, 0) is 7.05 Å². The van der Waals surface area contributed by atoms with Crippen molar-refractivity contribution < 1.29 is 17.6 Å². The van der Waals surface area contributed by atoms with Crippen molar-refractivity contribution in [1.29, 1.82) is 0 Å². The fourth-order valence-electron chi connectivity index (χ4n) is 2.88. The first-order valence-corrected chi connectivity index (χ1v) is 8.44. The third-order valence-corrected chi connectivity index (χ3v) is 4.30. The lowest BCUT2D eigenvalue weighted by atomic mass is 10.2. The number of benzene rings is 2. The molecular weight excluding hydrogens is 370 g/mol. The molecule has 144 valence electrons. The van der Waals surface area contributed by atoms with E-state index in [2.05, 4.69) is 9.98 Å². The van der Waals surface area contributed by atoms with Gasteiger partial charge in [0.2, 0.25) is 0 Å². The smallest absolute Gasteiger partial charge is 0.151 e. The van der Waals surface area contributed by atoms with Gasteiger partial charge in [0.25, 0.3) is 0 Å². The number of nitrogens with zero attached hydrogens (tertiary/aromatic N) is 3. The van der Waals surface area contributed by atoms with Gasteiger partial charge in [0.05, 0.1) is 22.8 Å². The van der Waals surface area contributed by atoms with Crippen LogP contribution in [0.4, 0.5) is 28.9 Å². The van der Waals surface area contributed by atoms with Gasteiger partial charge in [-0.2, -0.15) is 0 Å². The minimum atomic E-state index is -0.762. The minimum Gasteiger partial charge on any atom is -0.342 e. The standard InChI is InChI=1S/C21H17F4N3/c1-12(26-20-14(22)6-4-7-15(20)23)18-10-11-19(28(18)3)13(2)27-21-16(24)8-5-9-17(21)25/h4-11H,1-3H3. The summed E-state index contributed by atoms with van der Waals surface area (Å²) in [5.74, 6) is -3.05. The van der Waals surface area contributed by atoms with E-state index in [1.54, 1.807) is 37.6 Å². The molecule has 3 rings (SSSR count). The van der Waals surface area contributed by atoms with Crippen LogP contribution in [0.5, 0.6) is 0 Å². The van der Waals surface area contributed by atoms with Gasteiger partial charge < -0.3 is 4.57 Å². The summed E-state index contributed by atoms with van der Waals surface area (Å²) >= 11 is 0. The number of rotatable bonds is 4. The van der Waals surface area contributed by atoms with Gasteiger partial charge in [-0.25, -0.2) is 27.5 Å². The molecule has 0 saturated carbocycles. The lowest BCUT2D eigenvalue weighted by Gasteiger charge is -2.09. The molecule has 1 heterocycles. The van der Waals surface area contributed by atoms with Gasteiger partial charge in [-0.3, -0.25) is 0 Å². The highest BCUT2D eigenvalue weighted by molar-refractivity contribution is 6.03. The number of aliphatic imine (C=N–C) groups is 2. The molecule has 0 radical (unpaired) electrons. The van der Waals surface area contributed by atoms with Gasteiger partial charge in [0.1, 0.15) is 11.4 Å². The van der Waals surface area contributed by atoms with E-state index in [0.29, 0.717) is 22.8 Å². The van der Waals surface area contributed by atoms with Crippen molar-refractivity contribution in [3.05, 3.63) is 83.2 Å². The van der Waals surface area contributed by atoms with Crippen LogP contribution in [-0.4, -0.2) is 16.0 Å². The van der Waals surface area contributed by atoms with Crippen LogP contribution < -0.4 is 0 Å². The van der Waals surface area contributed by atoms with E-state index < -0.39 is 23.3 Å². The molecule has 0 atom stereocenters. The second-order valence-corrected chi connectivity index (χ2v) is 6.20. The van der Waals surface area contributed by atoms with Crippen LogP contribution in [0.3, 0.4) is 0 Å². The highest BCUT2D eigenvalue weighted by Crippen LogP contribution is 2.25. The summed E-state index contributed by atoms with van der Waals surface area (Å²) in [5, 5.41) is 0. The lowest BCUT2D eigenvalue weighted by molar-refractivity contribution is 0.587. The Morgan fingerprint density at radius 3 is 1.29 bits per heavy atom. The van der Waals surface area contributed by atoms with E-state index in [4.69, 9.17) is 0 Å². The average molecular weight is 387 g/mol. The Kier molecular flexibility index (Phi) is 5.44. The van der Waals surface area contributed by atoms with E-state index in [1.165, 1.54) is 12.1 Å². The molecule has 0 spiro atoms. The highest BCUT2D eigenvalue weighted by atomic mass is 19.1. The van der Waals surface area contributed by atoms with E-state index in [9.17, 15) is 17.6 Å². The third-order valence-electron chi connectivity index (χ3n) is 4.30. The molecule has 0 aliphatic heterocycles. The van der Waals surface area contributed by atoms with E-state index in [0.717, 1.165) is 24.3 Å². The van der Waals surface area contributed by atoms with Crippen LogP contribution in [0.25, 0.3) is 0 Å². The van der Waals surface area contributed by atoms with Crippen LogP contribution in [0.1, 0.15) is 25.2 Å². The molecule has 0 unspecified atom stereocenters. The fraction of sp³-hybridized carbons (Fsp3) is 0.143. The summed E-state index contributed by atoms with van der Waals surface area (Å²) in [4.78, 5) is 8.12. The highest BCUT2D eigenvalue weighted by Gasteiger charge is 2.14. The first-order chi connectivity index (χ1) is 13.3. The molecule has 3 aromatic rings. The molecule has 2 aromatic carbocycles. The first kappa shape index (κ1) is 19.5.